The first-order chi connectivity index (χ1) is 9.61. The molecule has 2 rings (SSSR count). The Kier molecular flexibility index (Phi) is 5.59. The molecule has 0 fully saturated rings. The summed E-state index contributed by atoms with van der Waals surface area (Å²) in [7, 11) is 0. The highest BCUT2D eigenvalue weighted by atomic mass is 79.9. The minimum absolute atomic E-state index is 0.120. The summed E-state index contributed by atoms with van der Waals surface area (Å²) in [4.78, 5) is 13.1. The Balaban J connectivity index is 1.99. The van der Waals surface area contributed by atoms with Gasteiger partial charge in [0, 0.05) is 11.4 Å². The molecule has 2 heterocycles. The van der Waals surface area contributed by atoms with E-state index >= 15 is 0 Å². The number of nitrogens with zero attached hydrogens (tertiary/aromatic N) is 2. The largest absolute Gasteiger partial charge is 0.394 e. The second-order valence-electron chi connectivity index (χ2n) is 4.01. The van der Waals surface area contributed by atoms with Crippen LogP contribution >= 0.6 is 38.9 Å². The summed E-state index contributed by atoms with van der Waals surface area (Å²) in [5.74, 6) is 0. The molecule has 0 bridgehead atoms. The van der Waals surface area contributed by atoms with Gasteiger partial charge in [-0.15, -0.1) is 11.3 Å². The number of aromatic nitrogens is 2. The lowest BCUT2D eigenvalue weighted by Crippen LogP contribution is -2.26. The molecule has 0 saturated carbocycles. The smallest absolute Gasteiger partial charge is 0.283 e. The maximum Gasteiger partial charge on any atom is 0.283 e. The van der Waals surface area contributed by atoms with Gasteiger partial charge in [0.15, 0.2) is 0 Å². The van der Waals surface area contributed by atoms with Crippen LogP contribution in [0.4, 0.5) is 5.69 Å². The van der Waals surface area contributed by atoms with Crippen molar-refractivity contribution in [3.8, 4) is 0 Å². The number of anilines is 1. The molecule has 0 aliphatic rings. The van der Waals surface area contributed by atoms with E-state index < -0.39 is 0 Å². The van der Waals surface area contributed by atoms with E-state index in [1.807, 2.05) is 12.1 Å². The van der Waals surface area contributed by atoms with Gasteiger partial charge in [0.1, 0.15) is 4.47 Å². The van der Waals surface area contributed by atoms with Gasteiger partial charge in [-0.3, -0.25) is 4.79 Å². The molecular formula is C12H13BrClN3O2S. The van der Waals surface area contributed by atoms with Gasteiger partial charge in [-0.25, -0.2) is 4.68 Å². The van der Waals surface area contributed by atoms with Crippen LogP contribution in [0.3, 0.4) is 0 Å². The van der Waals surface area contributed by atoms with Crippen LogP contribution in [0.1, 0.15) is 4.88 Å². The summed E-state index contributed by atoms with van der Waals surface area (Å²) < 4.78 is 2.41. The monoisotopic (exact) mass is 377 g/mol. The highest BCUT2D eigenvalue weighted by Crippen LogP contribution is 2.22. The van der Waals surface area contributed by atoms with Crippen LogP contribution in [-0.4, -0.2) is 28.0 Å². The number of hydrogen-bond donors (Lipinski definition) is 2. The number of nitrogens with one attached hydrogen (secondary N) is 1. The van der Waals surface area contributed by atoms with Gasteiger partial charge >= 0.3 is 0 Å². The van der Waals surface area contributed by atoms with E-state index in [-0.39, 0.29) is 18.7 Å². The van der Waals surface area contributed by atoms with E-state index in [0.29, 0.717) is 16.7 Å². The average Bonchev–Trinajstić information content (AvgIpc) is 2.84. The summed E-state index contributed by atoms with van der Waals surface area (Å²) >= 11 is 10.7. The third kappa shape index (κ3) is 3.82. The molecule has 0 aliphatic carbocycles. The molecule has 0 atom stereocenters. The summed E-state index contributed by atoms with van der Waals surface area (Å²) in [5.41, 5.74) is 0.384. The molecule has 20 heavy (non-hydrogen) atoms. The standard InChI is InChI=1S/C12H13BrClN3O2S/c13-11-9(7-16-17(5-6-18)12(11)19)15-4-3-8-1-2-10(14)20-8/h1-2,7,15,18H,3-6H2. The van der Waals surface area contributed by atoms with Crippen molar-refractivity contribution in [3.05, 3.63) is 42.4 Å². The topological polar surface area (TPSA) is 67.2 Å². The zero-order valence-corrected chi connectivity index (χ0v) is 13.6. The van der Waals surface area contributed by atoms with E-state index in [1.165, 1.54) is 9.56 Å². The molecule has 0 spiro atoms. The van der Waals surface area contributed by atoms with Crippen molar-refractivity contribution in [2.45, 2.75) is 13.0 Å². The van der Waals surface area contributed by atoms with Crippen LogP contribution in [0.15, 0.2) is 27.6 Å². The molecule has 0 amide bonds. The number of aliphatic hydroxyl groups excluding tert-OH is 1. The molecule has 0 saturated heterocycles. The van der Waals surface area contributed by atoms with E-state index in [0.717, 1.165) is 10.8 Å². The van der Waals surface area contributed by atoms with Crippen molar-refractivity contribution in [2.75, 3.05) is 18.5 Å². The number of rotatable bonds is 6. The van der Waals surface area contributed by atoms with Gasteiger partial charge in [0.25, 0.3) is 5.56 Å². The number of hydrogen-bond acceptors (Lipinski definition) is 5. The van der Waals surface area contributed by atoms with E-state index in [4.69, 9.17) is 16.7 Å². The van der Waals surface area contributed by atoms with Crippen molar-refractivity contribution in [1.29, 1.82) is 0 Å². The van der Waals surface area contributed by atoms with Crippen LogP contribution in [0.5, 0.6) is 0 Å². The Morgan fingerprint density at radius 2 is 2.30 bits per heavy atom. The molecule has 0 radical (unpaired) electrons. The quantitative estimate of drug-likeness (QED) is 0.810. The maximum atomic E-state index is 11.9. The van der Waals surface area contributed by atoms with Gasteiger partial charge in [-0.1, -0.05) is 11.6 Å². The van der Waals surface area contributed by atoms with Crippen LogP contribution in [0.2, 0.25) is 4.34 Å². The van der Waals surface area contributed by atoms with Crippen molar-refractivity contribution in [2.24, 2.45) is 0 Å². The summed E-state index contributed by atoms with van der Waals surface area (Å²) in [6.45, 7) is 0.747. The Morgan fingerprint density at radius 3 is 2.95 bits per heavy atom. The molecule has 2 aromatic rings. The number of thiophene rings is 1. The van der Waals surface area contributed by atoms with Crippen LogP contribution in [-0.2, 0) is 13.0 Å². The highest BCUT2D eigenvalue weighted by molar-refractivity contribution is 9.10. The van der Waals surface area contributed by atoms with Crippen LogP contribution in [0, 0.1) is 0 Å². The molecule has 0 aromatic carbocycles. The third-order valence-corrected chi connectivity index (χ3v) is 4.67. The molecule has 0 unspecified atom stereocenters. The van der Waals surface area contributed by atoms with E-state index in [9.17, 15) is 4.79 Å². The Bertz CT molecular complexity index is 644. The van der Waals surface area contributed by atoms with Gasteiger partial charge in [0.2, 0.25) is 0 Å². The van der Waals surface area contributed by atoms with Crippen LogP contribution in [0.25, 0.3) is 0 Å². The molecule has 0 aliphatic heterocycles. The van der Waals surface area contributed by atoms with Crippen molar-refractivity contribution in [1.82, 2.24) is 9.78 Å². The zero-order chi connectivity index (χ0) is 14.5. The first-order valence-electron chi connectivity index (χ1n) is 5.96. The van der Waals surface area contributed by atoms with Gasteiger partial charge in [-0.2, -0.15) is 5.10 Å². The Hall–Kier alpha value is -0.890. The zero-order valence-electron chi connectivity index (χ0n) is 10.5. The van der Waals surface area contributed by atoms with E-state index in [2.05, 4.69) is 26.3 Å². The summed E-state index contributed by atoms with van der Waals surface area (Å²) in [6.07, 6.45) is 2.39. The van der Waals surface area contributed by atoms with Crippen LogP contribution < -0.4 is 10.9 Å². The lowest BCUT2D eigenvalue weighted by molar-refractivity contribution is 0.266. The molecule has 108 valence electrons. The molecule has 5 nitrogen and oxygen atoms in total. The minimum atomic E-state index is -0.261. The minimum Gasteiger partial charge on any atom is -0.394 e. The molecule has 8 heteroatoms. The lowest BCUT2D eigenvalue weighted by Gasteiger charge is -2.09. The SMILES string of the molecule is O=c1c(Br)c(NCCc2ccc(Cl)s2)cnn1CCO. The number of aliphatic hydroxyl groups is 1. The predicted octanol–water partition coefficient (Wildman–Crippen LogP) is 2.37. The molecule has 2 aromatic heterocycles. The number of halogens is 2. The third-order valence-electron chi connectivity index (χ3n) is 2.61. The first kappa shape index (κ1) is 15.5. The average molecular weight is 379 g/mol. The Morgan fingerprint density at radius 1 is 1.50 bits per heavy atom. The van der Waals surface area contributed by atoms with Gasteiger partial charge < -0.3 is 10.4 Å². The fourth-order valence-electron chi connectivity index (χ4n) is 1.65. The highest BCUT2D eigenvalue weighted by Gasteiger charge is 2.08. The van der Waals surface area contributed by atoms with E-state index in [1.54, 1.807) is 17.5 Å². The second-order valence-corrected chi connectivity index (χ2v) is 6.60. The van der Waals surface area contributed by atoms with Gasteiger partial charge in [0.05, 0.1) is 29.4 Å². The summed E-state index contributed by atoms with van der Waals surface area (Å²) in [6, 6.07) is 3.86. The Labute approximate surface area is 133 Å². The van der Waals surface area contributed by atoms with Crippen molar-refractivity contribution >= 4 is 44.6 Å². The van der Waals surface area contributed by atoms with Crippen molar-refractivity contribution < 1.29 is 5.11 Å². The van der Waals surface area contributed by atoms with Gasteiger partial charge in [-0.05, 0) is 34.5 Å². The molecular weight excluding hydrogens is 366 g/mol. The first-order valence-corrected chi connectivity index (χ1v) is 7.95. The summed E-state index contributed by atoms with van der Waals surface area (Å²) in [5, 5.41) is 16.0. The normalized spacial score (nSPS) is 10.8. The fraction of sp³-hybridized carbons (Fsp3) is 0.333. The predicted molar refractivity (Wildman–Crippen MR) is 84.8 cm³/mol. The lowest BCUT2D eigenvalue weighted by atomic mass is 10.3. The maximum absolute atomic E-state index is 11.9. The molecule has 2 N–H and O–H groups in total. The fourth-order valence-corrected chi connectivity index (χ4v) is 3.18. The van der Waals surface area contributed by atoms with Crippen molar-refractivity contribution in [3.63, 3.8) is 0 Å². The second kappa shape index (κ2) is 7.21.